The first-order valence-electron chi connectivity index (χ1n) is 7.66. The van der Waals surface area contributed by atoms with Crippen molar-refractivity contribution < 1.29 is 18.7 Å². The first-order valence-corrected chi connectivity index (χ1v) is 7.66. The summed E-state index contributed by atoms with van der Waals surface area (Å²) in [6.45, 7) is 0.0817. The van der Waals surface area contributed by atoms with Crippen molar-refractivity contribution in [1.29, 1.82) is 0 Å². The number of methoxy groups -OCH3 is 2. The van der Waals surface area contributed by atoms with E-state index in [2.05, 4.69) is 20.8 Å². The molecule has 1 amide bonds. The number of amides is 1. The second-order valence-corrected chi connectivity index (χ2v) is 5.23. The smallest absolute Gasteiger partial charge is 0.255 e. The minimum absolute atomic E-state index is 0.0817. The zero-order valence-electron chi connectivity index (χ0n) is 14.1. The molecule has 0 saturated carbocycles. The fraction of sp³-hybridized carbons (Fsp3) is 0.176. The Hall–Kier alpha value is -3.49. The number of rotatable bonds is 6. The molecular weight excluding hydrogens is 341 g/mol. The summed E-state index contributed by atoms with van der Waals surface area (Å²) in [5.41, 5.74) is 0.941. The number of carbonyl (C=O) groups is 1. The monoisotopic (exact) mass is 357 g/mol. The highest BCUT2D eigenvalue weighted by molar-refractivity contribution is 5.97. The number of carbonyl (C=O) groups excluding carboxylic acids is 1. The Balaban J connectivity index is 1.75. The lowest BCUT2D eigenvalue weighted by Gasteiger charge is -2.11. The first kappa shape index (κ1) is 17.3. The molecule has 26 heavy (non-hydrogen) atoms. The number of halogens is 1. The summed E-state index contributed by atoms with van der Waals surface area (Å²) in [4.78, 5) is 12.5. The van der Waals surface area contributed by atoms with Crippen LogP contribution in [0.25, 0.3) is 5.69 Å². The van der Waals surface area contributed by atoms with E-state index >= 15 is 0 Å². The van der Waals surface area contributed by atoms with Gasteiger partial charge in [0.1, 0.15) is 17.3 Å². The van der Waals surface area contributed by atoms with Gasteiger partial charge >= 0.3 is 0 Å². The van der Waals surface area contributed by atoms with Crippen molar-refractivity contribution >= 4 is 5.91 Å². The van der Waals surface area contributed by atoms with Crippen molar-refractivity contribution in [2.45, 2.75) is 6.54 Å². The van der Waals surface area contributed by atoms with Crippen molar-refractivity contribution in [1.82, 2.24) is 25.5 Å². The molecule has 0 aliphatic rings. The summed E-state index contributed by atoms with van der Waals surface area (Å²) >= 11 is 0. The third-order valence-corrected chi connectivity index (χ3v) is 3.67. The molecule has 0 aliphatic carbocycles. The summed E-state index contributed by atoms with van der Waals surface area (Å²) in [5.74, 6) is 0.664. The standard InChI is InChI=1S/C17H16FN5O3/c1-25-13-7-8-14(15(9-13)26-2)17(24)19-10-16-20-21-22-23(16)12-5-3-11(18)4-6-12/h3-9H,10H2,1-2H3,(H,19,24). The van der Waals surface area contributed by atoms with Crippen LogP contribution < -0.4 is 14.8 Å². The predicted molar refractivity (Wildman–Crippen MR) is 89.8 cm³/mol. The molecule has 0 spiro atoms. The molecule has 1 heterocycles. The summed E-state index contributed by atoms with van der Waals surface area (Å²) in [6, 6.07) is 10.6. The van der Waals surface area contributed by atoms with Gasteiger partial charge in [-0.2, -0.15) is 4.68 Å². The number of nitrogens with zero attached hydrogens (tertiary/aromatic N) is 4. The fourth-order valence-corrected chi connectivity index (χ4v) is 2.34. The summed E-state index contributed by atoms with van der Waals surface area (Å²) < 4.78 is 24.8. The highest BCUT2D eigenvalue weighted by Crippen LogP contribution is 2.24. The SMILES string of the molecule is COc1ccc(C(=O)NCc2nnnn2-c2ccc(F)cc2)c(OC)c1. The van der Waals surface area contributed by atoms with Crippen LogP contribution in [0.4, 0.5) is 4.39 Å². The van der Waals surface area contributed by atoms with Crippen LogP contribution in [-0.4, -0.2) is 40.3 Å². The van der Waals surface area contributed by atoms with E-state index in [0.717, 1.165) is 0 Å². The van der Waals surface area contributed by atoms with Crippen molar-refractivity contribution in [2.75, 3.05) is 14.2 Å². The van der Waals surface area contributed by atoms with E-state index < -0.39 is 0 Å². The van der Waals surface area contributed by atoms with E-state index in [0.29, 0.717) is 28.6 Å². The van der Waals surface area contributed by atoms with Crippen LogP contribution in [0.1, 0.15) is 16.2 Å². The van der Waals surface area contributed by atoms with Crippen LogP contribution in [0.3, 0.4) is 0 Å². The van der Waals surface area contributed by atoms with Crippen molar-refractivity contribution in [3.8, 4) is 17.2 Å². The van der Waals surface area contributed by atoms with Crippen LogP contribution >= 0.6 is 0 Å². The first-order chi connectivity index (χ1) is 12.6. The number of tetrazole rings is 1. The zero-order valence-corrected chi connectivity index (χ0v) is 14.1. The molecule has 3 aromatic rings. The minimum atomic E-state index is -0.358. The maximum atomic E-state index is 13.1. The molecule has 8 nitrogen and oxygen atoms in total. The summed E-state index contributed by atoms with van der Waals surface area (Å²) in [5, 5.41) is 14.1. The highest BCUT2D eigenvalue weighted by Gasteiger charge is 2.15. The number of benzene rings is 2. The van der Waals surface area contributed by atoms with Gasteiger partial charge in [-0.05, 0) is 46.8 Å². The van der Waals surface area contributed by atoms with E-state index in [1.807, 2.05) is 0 Å². The van der Waals surface area contributed by atoms with Gasteiger partial charge in [-0.15, -0.1) is 5.10 Å². The Morgan fingerprint density at radius 1 is 1.15 bits per heavy atom. The lowest BCUT2D eigenvalue weighted by atomic mass is 10.1. The van der Waals surface area contributed by atoms with Gasteiger partial charge in [0.2, 0.25) is 0 Å². The average molecular weight is 357 g/mol. The number of nitrogens with one attached hydrogen (secondary N) is 1. The molecule has 3 rings (SSSR count). The number of aromatic nitrogens is 4. The lowest BCUT2D eigenvalue weighted by Crippen LogP contribution is -2.25. The van der Waals surface area contributed by atoms with Gasteiger partial charge in [-0.3, -0.25) is 4.79 Å². The van der Waals surface area contributed by atoms with E-state index in [-0.39, 0.29) is 18.3 Å². The van der Waals surface area contributed by atoms with Gasteiger partial charge in [-0.1, -0.05) is 0 Å². The van der Waals surface area contributed by atoms with Crippen molar-refractivity contribution in [3.05, 3.63) is 59.7 Å². The Kier molecular flexibility index (Phi) is 5.07. The van der Waals surface area contributed by atoms with E-state index in [1.165, 1.54) is 31.0 Å². The number of hydrogen-bond donors (Lipinski definition) is 1. The highest BCUT2D eigenvalue weighted by atomic mass is 19.1. The van der Waals surface area contributed by atoms with Crippen LogP contribution in [0.5, 0.6) is 11.5 Å². The van der Waals surface area contributed by atoms with Gasteiger partial charge in [-0.25, -0.2) is 4.39 Å². The average Bonchev–Trinajstić information content (AvgIpc) is 3.14. The van der Waals surface area contributed by atoms with E-state index in [9.17, 15) is 9.18 Å². The normalized spacial score (nSPS) is 10.4. The van der Waals surface area contributed by atoms with Gasteiger partial charge < -0.3 is 14.8 Å². The maximum Gasteiger partial charge on any atom is 0.255 e. The third kappa shape index (κ3) is 3.61. The maximum absolute atomic E-state index is 13.1. The minimum Gasteiger partial charge on any atom is -0.497 e. The molecule has 1 N–H and O–H groups in total. The molecule has 2 aromatic carbocycles. The van der Waals surface area contributed by atoms with Crippen LogP contribution in [0.2, 0.25) is 0 Å². The summed E-state index contributed by atoms with van der Waals surface area (Å²) in [7, 11) is 3.00. The number of hydrogen-bond acceptors (Lipinski definition) is 6. The van der Waals surface area contributed by atoms with Gasteiger partial charge in [0.25, 0.3) is 5.91 Å². The molecule has 0 atom stereocenters. The topological polar surface area (TPSA) is 91.2 Å². The molecule has 1 aromatic heterocycles. The Bertz CT molecular complexity index is 911. The lowest BCUT2D eigenvalue weighted by molar-refractivity contribution is 0.0946. The fourth-order valence-electron chi connectivity index (χ4n) is 2.34. The number of ether oxygens (including phenoxy) is 2. The Morgan fingerprint density at radius 2 is 1.92 bits per heavy atom. The van der Waals surface area contributed by atoms with Gasteiger partial charge in [0.15, 0.2) is 5.82 Å². The molecule has 0 aliphatic heterocycles. The van der Waals surface area contributed by atoms with E-state index in [4.69, 9.17) is 9.47 Å². The molecule has 0 radical (unpaired) electrons. The second-order valence-electron chi connectivity index (χ2n) is 5.23. The van der Waals surface area contributed by atoms with Crippen LogP contribution in [-0.2, 0) is 6.54 Å². The molecule has 134 valence electrons. The third-order valence-electron chi connectivity index (χ3n) is 3.67. The van der Waals surface area contributed by atoms with Gasteiger partial charge in [0, 0.05) is 6.07 Å². The molecule has 0 bridgehead atoms. The second kappa shape index (κ2) is 7.60. The quantitative estimate of drug-likeness (QED) is 0.723. The molecular formula is C17H16FN5O3. The molecule has 0 fully saturated rings. The largest absolute Gasteiger partial charge is 0.497 e. The molecule has 0 saturated heterocycles. The predicted octanol–water partition coefficient (Wildman–Crippen LogP) is 1.75. The van der Waals surface area contributed by atoms with Gasteiger partial charge in [0.05, 0.1) is 32.0 Å². The molecule has 0 unspecified atom stereocenters. The zero-order chi connectivity index (χ0) is 18.5. The molecule has 9 heteroatoms. The van der Waals surface area contributed by atoms with Crippen molar-refractivity contribution in [2.24, 2.45) is 0 Å². The Labute approximate surface area is 148 Å². The van der Waals surface area contributed by atoms with E-state index in [1.54, 1.807) is 30.3 Å². The van der Waals surface area contributed by atoms with Crippen LogP contribution in [0.15, 0.2) is 42.5 Å². The summed E-state index contributed by atoms with van der Waals surface area (Å²) in [6.07, 6.45) is 0. The van der Waals surface area contributed by atoms with Crippen LogP contribution in [0, 0.1) is 5.82 Å². The Morgan fingerprint density at radius 3 is 2.62 bits per heavy atom. The van der Waals surface area contributed by atoms with Crippen molar-refractivity contribution in [3.63, 3.8) is 0 Å².